The van der Waals surface area contributed by atoms with E-state index in [1.165, 1.54) is 7.11 Å². The van der Waals surface area contributed by atoms with Gasteiger partial charge in [-0.15, -0.1) is 0 Å². The van der Waals surface area contributed by atoms with Crippen LogP contribution in [0.2, 0.25) is 10.0 Å². The summed E-state index contributed by atoms with van der Waals surface area (Å²) in [6, 6.07) is 8.09. The molecule has 0 spiro atoms. The minimum Gasteiger partial charge on any atom is -0.465 e. The third-order valence-corrected chi connectivity index (χ3v) is 5.35. The van der Waals surface area contributed by atoms with Crippen molar-refractivity contribution in [2.45, 2.75) is 6.61 Å². The smallest absolute Gasteiger partial charge is 0.340 e. The van der Waals surface area contributed by atoms with Crippen LogP contribution in [0.3, 0.4) is 0 Å². The molecule has 4 nitrogen and oxygen atoms in total. The Kier molecular flexibility index (Phi) is 6.69. The van der Waals surface area contributed by atoms with Crippen LogP contribution in [-0.4, -0.2) is 19.0 Å². The number of rotatable bonds is 4. The van der Waals surface area contributed by atoms with Crippen LogP contribution in [-0.2, 0) is 16.1 Å². The van der Waals surface area contributed by atoms with Crippen LogP contribution in [0.15, 0.2) is 39.3 Å². The summed E-state index contributed by atoms with van der Waals surface area (Å²) in [5.74, 6) is -1.09. The molecule has 0 aliphatic heterocycles. The molecule has 0 aliphatic rings. The number of hydrogen-bond donors (Lipinski definition) is 0. The van der Waals surface area contributed by atoms with Crippen molar-refractivity contribution in [3.8, 4) is 0 Å². The van der Waals surface area contributed by atoms with Crippen LogP contribution in [0.5, 0.6) is 0 Å². The number of carbonyl (C=O) groups excluding carboxylic acids is 2. The Morgan fingerprint density at radius 2 is 1.79 bits per heavy atom. The van der Waals surface area contributed by atoms with Crippen molar-refractivity contribution >= 4 is 67.0 Å². The number of hydrogen-bond acceptors (Lipinski definition) is 4. The van der Waals surface area contributed by atoms with Crippen LogP contribution in [0.1, 0.15) is 26.3 Å². The topological polar surface area (TPSA) is 52.6 Å². The average molecular weight is 497 g/mol. The molecule has 0 heterocycles. The van der Waals surface area contributed by atoms with Gasteiger partial charge in [0.15, 0.2) is 0 Å². The van der Waals surface area contributed by atoms with Gasteiger partial charge in [-0.2, -0.15) is 0 Å². The van der Waals surface area contributed by atoms with Gasteiger partial charge in [0.2, 0.25) is 0 Å². The predicted molar refractivity (Wildman–Crippen MR) is 98.8 cm³/mol. The summed E-state index contributed by atoms with van der Waals surface area (Å²) in [5, 5.41) is 0.615. The van der Waals surface area contributed by atoms with Crippen molar-refractivity contribution in [2.75, 3.05) is 7.11 Å². The fourth-order valence-corrected chi connectivity index (χ4v) is 3.60. The van der Waals surface area contributed by atoms with Crippen molar-refractivity contribution in [2.24, 2.45) is 0 Å². The largest absolute Gasteiger partial charge is 0.465 e. The SMILES string of the molecule is COC(=O)c1c(Cl)cc(COC(=O)c2cccc(Cl)c2Br)cc1Br. The first-order valence-electron chi connectivity index (χ1n) is 6.52. The minimum absolute atomic E-state index is 0.0163. The molecule has 0 N–H and O–H groups in total. The second-order valence-electron chi connectivity index (χ2n) is 4.60. The van der Waals surface area contributed by atoms with Crippen LogP contribution < -0.4 is 0 Å². The zero-order valence-electron chi connectivity index (χ0n) is 12.2. The first-order chi connectivity index (χ1) is 11.3. The number of ether oxygens (including phenoxy) is 2. The molecule has 0 fully saturated rings. The van der Waals surface area contributed by atoms with Crippen molar-refractivity contribution in [3.63, 3.8) is 0 Å². The summed E-state index contributed by atoms with van der Waals surface area (Å²) in [7, 11) is 1.27. The minimum atomic E-state index is -0.557. The van der Waals surface area contributed by atoms with E-state index in [2.05, 4.69) is 36.6 Å². The molecule has 0 atom stereocenters. The highest BCUT2D eigenvalue weighted by Gasteiger charge is 2.18. The van der Waals surface area contributed by atoms with E-state index in [-0.39, 0.29) is 17.2 Å². The molecule has 0 aliphatic carbocycles. The Bertz CT molecular complexity index is 786. The van der Waals surface area contributed by atoms with Gasteiger partial charge in [-0.3, -0.25) is 0 Å². The Morgan fingerprint density at radius 1 is 1.08 bits per heavy atom. The van der Waals surface area contributed by atoms with E-state index in [0.717, 1.165) is 0 Å². The highest BCUT2D eigenvalue weighted by molar-refractivity contribution is 9.11. The molecule has 0 radical (unpaired) electrons. The second kappa shape index (κ2) is 8.34. The number of carbonyl (C=O) groups is 2. The molecule has 0 saturated heterocycles. The molecule has 0 unspecified atom stereocenters. The lowest BCUT2D eigenvalue weighted by atomic mass is 10.1. The molecule has 0 saturated carbocycles. The molecule has 2 aromatic rings. The Labute approximate surface area is 165 Å². The molecule has 8 heteroatoms. The molecule has 0 bridgehead atoms. The van der Waals surface area contributed by atoms with E-state index in [9.17, 15) is 9.59 Å². The quantitative estimate of drug-likeness (QED) is 0.512. The number of halogens is 4. The molecule has 0 amide bonds. The van der Waals surface area contributed by atoms with Gasteiger partial charge >= 0.3 is 11.9 Å². The van der Waals surface area contributed by atoms with Gasteiger partial charge in [0.1, 0.15) is 6.61 Å². The molecule has 126 valence electrons. The van der Waals surface area contributed by atoms with E-state index < -0.39 is 11.9 Å². The van der Waals surface area contributed by atoms with Crippen LogP contribution >= 0.6 is 55.1 Å². The van der Waals surface area contributed by atoms with Gasteiger partial charge in [-0.25, -0.2) is 9.59 Å². The summed E-state index contributed by atoms with van der Waals surface area (Å²) in [4.78, 5) is 23.8. The van der Waals surface area contributed by atoms with Crippen molar-refractivity contribution in [3.05, 3.63) is 66.0 Å². The van der Waals surface area contributed by atoms with E-state index in [0.29, 0.717) is 25.1 Å². The Hall–Kier alpha value is -1.08. The standard InChI is InChI=1S/C16H10Br2Cl2O4/c1-23-16(22)13-10(17)5-8(6-12(13)20)7-24-15(21)9-3-2-4-11(19)14(9)18/h2-6H,7H2,1H3. The van der Waals surface area contributed by atoms with Gasteiger partial charge < -0.3 is 9.47 Å². The second-order valence-corrected chi connectivity index (χ2v) is 7.07. The number of esters is 2. The Morgan fingerprint density at radius 3 is 2.42 bits per heavy atom. The highest BCUT2D eigenvalue weighted by Crippen LogP contribution is 2.29. The number of methoxy groups -OCH3 is 1. The third kappa shape index (κ3) is 4.30. The van der Waals surface area contributed by atoms with Crippen LogP contribution in [0.4, 0.5) is 0 Å². The third-order valence-electron chi connectivity index (χ3n) is 3.03. The first-order valence-corrected chi connectivity index (χ1v) is 8.86. The maximum atomic E-state index is 12.2. The van der Waals surface area contributed by atoms with Gasteiger partial charge in [0.25, 0.3) is 0 Å². The van der Waals surface area contributed by atoms with Gasteiger partial charge in [-0.05, 0) is 61.7 Å². The van der Waals surface area contributed by atoms with E-state index in [1.807, 2.05) is 0 Å². The summed E-state index contributed by atoms with van der Waals surface area (Å²) in [5.41, 5.74) is 1.15. The molecule has 2 aromatic carbocycles. The van der Waals surface area contributed by atoms with Gasteiger partial charge in [-0.1, -0.05) is 29.3 Å². The Balaban J connectivity index is 2.16. The lowest BCUT2D eigenvalue weighted by Gasteiger charge is -2.10. The molecular weight excluding hydrogens is 487 g/mol. The maximum absolute atomic E-state index is 12.2. The fraction of sp³-hybridized carbons (Fsp3) is 0.125. The number of benzene rings is 2. The van der Waals surface area contributed by atoms with Crippen molar-refractivity contribution in [1.82, 2.24) is 0 Å². The van der Waals surface area contributed by atoms with E-state index in [1.54, 1.807) is 30.3 Å². The van der Waals surface area contributed by atoms with E-state index in [4.69, 9.17) is 27.9 Å². The predicted octanol–water partition coefficient (Wildman–Crippen LogP) is 5.66. The summed E-state index contributed by atoms with van der Waals surface area (Å²) >= 11 is 18.6. The summed E-state index contributed by atoms with van der Waals surface area (Å²) in [6.45, 7) is -0.0163. The molecule has 2 rings (SSSR count). The lowest BCUT2D eigenvalue weighted by molar-refractivity contribution is 0.0470. The lowest BCUT2D eigenvalue weighted by Crippen LogP contribution is -2.08. The van der Waals surface area contributed by atoms with Gasteiger partial charge in [0, 0.05) is 4.47 Å². The van der Waals surface area contributed by atoms with Gasteiger partial charge in [0.05, 0.1) is 32.8 Å². The van der Waals surface area contributed by atoms with Crippen molar-refractivity contribution < 1.29 is 19.1 Å². The molecular formula is C16H10Br2Cl2O4. The van der Waals surface area contributed by atoms with Crippen molar-refractivity contribution in [1.29, 1.82) is 0 Å². The monoisotopic (exact) mass is 494 g/mol. The molecule has 24 heavy (non-hydrogen) atoms. The van der Waals surface area contributed by atoms with Crippen LogP contribution in [0.25, 0.3) is 0 Å². The zero-order valence-corrected chi connectivity index (χ0v) is 16.9. The first kappa shape index (κ1) is 19.2. The maximum Gasteiger partial charge on any atom is 0.340 e. The fourth-order valence-electron chi connectivity index (χ4n) is 1.89. The highest BCUT2D eigenvalue weighted by atomic mass is 79.9. The normalized spacial score (nSPS) is 10.4. The molecule has 0 aromatic heterocycles. The van der Waals surface area contributed by atoms with E-state index >= 15 is 0 Å². The average Bonchev–Trinajstić information content (AvgIpc) is 2.54. The van der Waals surface area contributed by atoms with Crippen LogP contribution in [0, 0.1) is 0 Å². The summed E-state index contributed by atoms with van der Waals surface area (Å²) < 4.78 is 10.8. The summed E-state index contributed by atoms with van der Waals surface area (Å²) in [6.07, 6.45) is 0. The zero-order chi connectivity index (χ0) is 17.9.